The lowest BCUT2D eigenvalue weighted by atomic mass is 10.2. The average Bonchev–Trinajstić information content (AvgIpc) is 3.14. The summed E-state index contributed by atoms with van der Waals surface area (Å²) in [6, 6.07) is 9.56. The average molecular weight is 744 g/mol. The summed E-state index contributed by atoms with van der Waals surface area (Å²) < 4.78 is 140. The predicted molar refractivity (Wildman–Crippen MR) is 151 cm³/mol. The molecule has 246 valence electrons. The van der Waals surface area contributed by atoms with E-state index in [1.54, 1.807) is 7.05 Å². The molecular formula is C20H26Cl2F4N3O10S4+. The molecule has 0 amide bonds. The second-order valence-electron chi connectivity index (χ2n) is 7.14. The second kappa shape index (κ2) is 18.1. The summed E-state index contributed by atoms with van der Waals surface area (Å²) in [4.78, 5) is 0. The van der Waals surface area contributed by atoms with Crippen LogP contribution in [0.5, 0.6) is 11.5 Å². The molecule has 0 atom stereocenters. The Bertz CT molecular complexity index is 1670. The van der Waals surface area contributed by atoms with Crippen molar-refractivity contribution < 1.29 is 62.1 Å². The van der Waals surface area contributed by atoms with Crippen molar-refractivity contribution in [3.8, 4) is 11.5 Å². The van der Waals surface area contributed by atoms with E-state index >= 15 is 0 Å². The number of aromatic nitrogens is 2. The monoisotopic (exact) mass is 742 g/mol. The van der Waals surface area contributed by atoms with Crippen LogP contribution < -0.4 is 18.7 Å². The molecule has 23 heteroatoms. The number of rotatable bonds is 7. The van der Waals surface area contributed by atoms with E-state index in [2.05, 4.69) is 8.37 Å². The van der Waals surface area contributed by atoms with Gasteiger partial charge >= 0.3 is 41.6 Å². The number of aryl methyl sites for hydroxylation is 1. The van der Waals surface area contributed by atoms with Crippen molar-refractivity contribution in [1.82, 2.24) is 3.97 Å². The number of imidazole rings is 1. The minimum atomic E-state index is -5.12. The lowest BCUT2D eigenvalue weighted by Gasteiger charge is -2.01. The van der Waals surface area contributed by atoms with E-state index in [0.717, 1.165) is 30.5 Å². The van der Waals surface area contributed by atoms with Gasteiger partial charge in [-0.3, -0.25) is 0 Å². The van der Waals surface area contributed by atoms with Crippen molar-refractivity contribution in [3.63, 3.8) is 0 Å². The van der Waals surface area contributed by atoms with Gasteiger partial charge in [0.05, 0.1) is 12.4 Å². The topological polar surface area (TPSA) is 190 Å². The third kappa shape index (κ3) is 20.7. The predicted octanol–water partition coefficient (Wildman–Crippen LogP) is 3.68. The highest BCUT2D eigenvalue weighted by molar-refractivity contribution is 7.85. The molecule has 0 aliphatic rings. The molecule has 0 aliphatic heterocycles. The number of hydrogen-bond donors (Lipinski definition) is 1. The van der Waals surface area contributed by atoms with Crippen LogP contribution in [0, 0.1) is 6.92 Å². The number of nitrogens with two attached hydrogens (primary N) is 1. The Morgan fingerprint density at radius 1 is 0.791 bits per heavy atom. The van der Waals surface area contributed by atoms with Crippen LogP contribution in [-0.4, -0.2) is 43.0 Å². The molecule has 0 radical (unpaired) electrons. The fourth-order valence-electron chi connectivity index (χ4n) is 2.36. The highest BCUT2D eigenvalue weighted by atomic mass is 35.5. The summed E-state index contributed by atoms with van der Waals surface area (Å²) in [6.07, 6.45) is 2.62. The van der Waals surface area contributed by atoms with Crippen LogP contribution in [0.25, 0.3) is 0 Å². The number of anilines is 1. The molecule has 0 fully saturated rings. The second-order valence-corrected chi connectivity index (χ2v) is 12.4. The van der Waals surface area contributed by atoms with E-state index in [9.17, 15) is 49.2 Å². The van der Waals surface area contributed by atoms with Gasteiger partial charge in [-0.1, -0.05) is 35.2 Å². The van der Waals surface area contributed by atoms with Gasteiger partial charge < -0.3 is 14.1 Å². The lowest BCUT2D eigenvalue weighted by molar-refractivity contribution is -0.676. The number of benzene rings is 2. The first-order valence-corrected chi connectivity index (χ1v) is 16.8. The molecule has 0 saturated carbocycles. The van der Waals surface area contributed by atoms with Crippen molar-refractivity contribution in [1.29, 1.82) is 0 Å². The third-order valence-electron chi connectivity index (χ3n) is 4.02. The maximum Gasteiger partial charge on any atom is 0.488 e. The van der Waals surface area contributed by atoms with Crippen LogP contribution in [-0.2, 0) is 54.4 Å². The first kappa shape index (κ1) is 42.3. The van der Waals surface area contributed by atoms with Crippen molar-refractivity contribution >= 4 is 70.5 Å². The first-order valence-electron chi connectivity index (χ1n) is 10.2. The zero-order valence-corrected chi connectivity index (χ0v) is 25.9. The molecule has 0 aliphatic carbocycles. The first-order chi connectivity index (χ1) is 19.0. The summed E-state index contributed by atoms with van der Waals surface area (Å²) in [5, 5.41) is 0.194. The Morgan fingerprint density at radius 3 is 1.42 bits per heavy atom. The van der Waals surface area contributed by atoms with Crippen molar-refractivity contribution in [3.05, 3.63) is 72.3 Å². The summed E-state index contributed by atoms with van der Waals surface area (Å²) >= 11 is 9.53. The Balaban J connectivity index is 0. The van der Waals surface area contributed by atoms with E-state index in [4.69, 9.17) is 28.9 Å². The SMILES string of the molecule is C.Cc1n(S(=O)(=O)F)cc[n+]1C.ClCCl.Nc1ccc(OS(=O)(=O)F)cc1.O=S(=O)(F)Cc1ccc(OS(=O)(=O)F)cc1. The summed E-state index contributed by atoms with van der Waals surface area (Å²) in [6.45, 7) is 1.51. The largest absolute Gasteiger partial charge is 0.488 e. The third-order valence-corrected chi connectivity index (χ3v) is 6.34. The van der Waals surface area contributed by atoms with Gasteiger partial charge in [0.1, 0.15) is 29.6 Å². The van der Waals surface area contributed by atoms with Crippen molar-refractivity contribution in [2.75, 3.05) is 11.1 Å². The van der Waals surface area contributed by atoms with Gasteiger partial charge in [-0.2, -0.15) is 33.7 Å². The highest BCUT2D eigenvalue weighted by Crippen LogP contribution is 2.17. The number of nitrogen functional groups attached to an aromatic ring is 1. The number of halogens is 6. The van der Waals surface area contributed by atoms with Crippen LogP contribution in [0.4, 0.5) is 21.2 Å². The van der Waals surface area contributed by atoms with E-state index in [-0.39, 0.29) is 29.8 Å². The summed E-state index contributed by atoms with van der Waals surface area (Å²) in [7, 11) is -17.7. The van der Waals surface area contributed by atoms with E-state index in [1.807, 2.05) is 0 Å². The normalized spacial score (nSPS) is 11.2. The minimum Gasteiger partial charge on any atom is -0.399 e. The Morgan fingerprint density at radius 2 is 1.16 bits per heavy atom. The quantitative estimate of drug-likeness (QED) is 0.122. The van der Waals surface area contributed by atoms with Gasteiger partial charge in [-0.05, 0) is 42.0 Å². The minimum absolute atomic E-state index is 0. The zero-order chi connectivity index (χ0) is 32.9. The molecule has 0 unspecified atom stereocenters. The van der Waals surface area contributed by atoms with E-state index < -0.39 is 47.4 Å². The molecule has 0 bridgehead atoms. The van der Waals surface area contributed by atoms with E-state index in [0.29, 0.717) is 15.5 Å². The fourth-order valence-corrected chi connectivity index (χ4v) is 4.27. The van der Waals surface area contributed by atoms with Gasteiger partial charge in [0.15, 0.2) is 0 Å². The smallest absolute Gasteiger partial charge is 0.399 e. The Labute approximate surface area is 257 Å². The van der Waals surface area contributed by atoms with Crippen LogP contribution in [0.15, 0.2) is 60.9 Å². The number of alkyl halides is 2. The van der Waals surface area contributed by atoms with Crippen molar-refractivity contribution in [2.45, 2.75) is 20.1 Å². The molecule has 2 N–H and O–H groups in total. The van der Waals surface area contributed by atoms with E-state index in [1.165, 1.54) is 42.0 Å². The molecule has 1 heterocycles. The van der Waals surface area contributed by atoms with Crippen LogP contribution in [0.2, 0.25) is 0 Å². The van der Waals surface area contributed by atoms with Crippen LogP contribution >= 0.6 is 23.2 Å². The lowest BCUT2D eigenvalue weighted by Crippen LogP contribution is -2.30. The highest BCUT2D eigenvalue weighted by Gasteiger charge is 2.22. The van der Waals surface area contributed by atoms with Gasteiger partial charge in [0, 0.05) is 12.6 Å². The van der Waals surface area contributed by atoms with Gasteiger partial charge in [-0.15, -0.1) is 27.1 Å². The Hall–Kier alpha value is -2.85. The number of hydrogen-bond acceptors (Lipinski definition) is 11. The van der Waals surface area contributed by atoms with Gasteiger partial charge in [0.25, 0.3) is 5.82 Å². The Kier molecular flexibility index (Phi) is 17.8. The van der Waals surface area contributed by atoms with Crippen LogP contribution in [0.1, 0.15) is 18.8 Å². The zero-order valence-electron chi connectivity index (χ0n) is 21.1. The molecule has 0 spiro atoms. The molecule has 3 rings (SSSR count). The molecular weight excluding hydrogens is 717 g/mol. The molecule has 43 heavy (non-hydrogen) atoms. The molecule has 13 nitrogen and oxygen atoms in total. The van der Waals surface area contributed by atoms with Crippen molar-refractivity contribution in [2.24, 2.45) is 7.05 Å². The molecule has 1 aromatic heterocycles. The maximum absolute atomic E-state index is 12.3. The molecule has 2 aromatic carbocycles. The molecule has 3 aromatic rings. The maximum atomic E-state index is 12.3. The number of nitrogens with zero attached hydrogens (tertiary/aromatic N) is 2. The summed E-state index contributed by atoms with van der Waals surface area (Å²) in [5.74, 6) is -0.947. The standard InChI is InChI=1S/C7H6F2O5S2.C6H6FNO3S.C5H8FN2O2S.CH2Cl2.CH4/c8-15(10,11)5-6-1-3-7(4-2-6)14-16(9,12)13;7-12(9,10)11-6-3-1-5(8)2-4-6;1-5-7(2)3-4-8(5)11(6,9)10;2-1-3;/h1-4H,5H2;1-4H,8H2;3-4H,1-2H3;1H2;1H4/q;;+1;;. The van der Waals surface area contributed by atoms with Crippen LogP contribution in [0.3, 0.4) is 0 Å². The summed E-state index contributed by atoms with van der Waals surface area (Å²) in [5.41, 5.74) is 5.82. The van der Waals surface area contributed by atoms with Gasteiger partial charge in [-0.25, -0.2) is 4.57 Å². The van der Waals surface area contributed by atoms with Gasteiger partial charge in [0.2, 0.25) is 0 Å². The molecule has 0 saturated heterocycles. The fraction of sp³-hybridized carbons (Fsp3) is 0.250.